The van der Waals surface area contributed by atoms with E-state index in [0.29, 0.717) is 51.7 Å². The van der Waals surface area contributed by atoms with Crippen molar-refractivity contribution in [2.45, 2.75) is 45.2 Å². The van der Waals surface area contributed by atoms with E-state index >= 15 is 0 Å². The van der Waals surface area contributed by atoms with Crippen molar-refractivity contribution in [2.24, 2.45) is 0 Å². The largest absolute Gasteiger partial charge is 0.361 e. The molecule has 30 heavy (non-hydrogen) atoms. The maximum atomic E-state index is 13.0. The van der Waals surface area contributed by atoms with Crippen molar-refractivity contribution < 1.29 is 14.4 Å². The van der Waals surface area contributed by atoms with Gasteiger partial charge in [0.15, 0.2) is 0 Å². The van der Waals surface area contributed by atoms with Gasteiger partial charge in [-0.1, -0.05) is 12.1 Å². The molecule has 7 heteroatoms. The Morgan fingerprint density at radius 1 is 1.07 bits per heavy atom. The molecular weight excluding hydrogens is 398 g/mol. The van der Waals surface area contributed by atoms with Gasteiger partial charge in [0, 0.05) is 48.9 Å². The van der Waals surface area contributed by atoms with E-state index in [0.717, 1.165) is 21.3 Å². The van der Waals surface area contributed by atoms with Gasteiger partial charge in [-0.3, -0.25) is 19.3 Å². The van der Waals surface area contributed by atoms with Gasteiger partial charge in [0.25, 0.3) is 0 Å². The van der Waals surface area contributed by atoms with E-state index < -0.39 is 0 Å². The summed E-state index contributed by atoms with van der Waals surface area (Å²) in [6.45, 7) is 1.56. The predicted octanol–water partition coefficient (Wildman–Crippen LogP) is 4.08. The van der Waals surface area contributed by atoms with E-state index in [1.807, 2.05) is 40.7 Å². The number of imide groups is 1. The highest BCUT2D eigenvalue weighted by molar-refractivity contribution is 7.09. The van der Waals surface area contributed by atoms with Crippen LogP contribution in [0.25, 0.3) is 10.9 Å². The monoisotopic (exact) mass is 423 g/mol. The second-order valence-corrected chi connectivity index (χ2v) is 8.66. The van der Waals surface area contributed by atoms with Gasteiger partial charge in [-0.2, -0.15) is 0 Å². The van der Waals surface area contributed by atoms with Crippen molar-refractivity contribution in [1.82, 2.24) is 14.8 Å². The molecule has 3 heterocycles. The lowest BCUT2D eigenvalue weighted by molar-refractivity contribution is -0.138. The minimum Gasteiger partial charge on any atom is -0.361 e. The summed E-state index contributed by atoms with van der Waals surface area (Å²) in [6, 6.07) is 12.3. The van der Waals surface area contributed by atoms with Gasteiger partial charge in [0.2, 0.25) is 17.7 Å². The molecule has 1 aliphatic heterocycles. The minimum absolute atomic E-state index is 0.0919. The van der Waals surface area contributed by atoms with E-state index in [-0.39, 0.29) is 17.7 Å². The average Bonchev–Trinajstić information content (AvgIpc) is 3.48. The number of unbranched alkanes of at least 4 members (excludes halogenated alkanes) is 1. The SMILES string of the molecule is O=C(CCCCN1C(=O)CCC1=O)N(Cc1ccc2[nH]ccc2c1)Cc1cccs1. The molecule has 1 N–H and O–H groups in total. The number of nitrogens with zero attached hydrogens (tertiary/aromatic N) is 2. The van der Waals surface area contributed by atoms with Crippen LogP contribution in [-0.4, -0.2) is 39.1 Å². The second kappa shape index (κ2) is 9.26. The number of likely N-dealkylation sites (tertiary alicyclic amines) is 1. The fourth-order valence-electron chi connectivity index (χ4n) is 3.82. The lowest BCUT2D eigenvalue weighted by Gasteiger charge is -2.23. The van der Waals surface area contributed by atoms with Gasteiger partial charge >= 0.3 is 0 Å². The Bertz CT molecular complexity index is 1030. The fraction of sp³-hybridized carbons (Fsp3) is 0.348. The first-order valence-corrected chi connectivity index (χ1v) is 11.2. The maximum Gasteiger partial charge on any atom is 0.229 e. The van der Waals surface area contributed by atoms with E-state index in [1.54, 1.807) is 11.3 Å². The third-order valence-electron chi connectivity index (χ3n) is 5.45. The third kappa shape index (κ3) is 4.79. The average molecular weight is 424 g/mol. The first kappa shape index (κ1) is 20.3. The zero-order valence-electron chi connectivity index (χ0n) is 16.8. The Morgan fingerprint density at radius 3 is 2.67 bits per heavy atom. The zero-order valence-corrected chi connectivity index (χ0v) is 17.6. The molecule has 0 spiro atoms. The molecule has 0 aliphatic carbocycles. The van der Waals surface area contributed by atoms with E-state index in [2.05, 4.69) is 17.1 Å². The van der Waals surface area contributed by atoms with Crippen molar-refractivity contribution in [3.05, 3.63) is 58.4 Å². The number of amides is 3. The summed E-state index contributed by atoms with van der Waals surface area (Å²) in [5.41, 5.74) is 2.18. The Balaban J connectivity index is 1.36. The fourth-order valence-corrected chi connectivity index (χ4v) is 4.54. The summed E-state index contributed by atoms with van der Waals surface area (Å²) in [5.74, 6) is -0.0896. The maximum absolute atomic E-state index is 13.0. The molecule has 4 rings (SSSR count). The Morgan fingerprint density at radius 2 is 1.90 bits per heavy atom. The molecule has 3 aromatic rings. The molecule has 3 amide bonds. The van der Waals surface area contributed by atoms with Crippen molar-refractivity contribution >= 4 is 40.0 Å². The van der Waals surface area contributed by atoms with Crippen LogP contribution in [0.1, 0.15) is 42.5 Å². The molecule has 1 aliphatic rings. The van der Waals surface area contributed by atoms with E-state index in [4.69, 9.17) is 0 Å². The molecule has 1 aromatic carbocycles. The van der Waals surface area contributed by atoms with Crippen LogP contribution >= 0.6 is 11.3 Å². The summed E-state index contributed by atoms with van der Waals surface area (Å²) in [5, 5.41) is 3.16. The first-order valence-electron chi connectivity index (χ1n) is 10.3. The molecular formula is C23H25N3O3S. The topological polar surface area (TPSA) is 73.5 Å². The number of hydrogen-bond acceptors (Lipinski definition) is 4. The summed E-state index contributed by atoms with van der Waals surface area (Å²) in [4.78, 5) is 44.0. The number of aromatic nitrogens is 1. The molecule has 2 aromatic heterocycles. The van der Waals surface area contributed by atoms with Crippen molar-refractivity contribution in [3.63, 3.8) is 0 Å². The normalized spacial score (nSPS) is 14.1. The highest BCUT2D eigenvalue weighted by Crippen LogP contribution is 2.20. The Hall–Kier alpha value is -2.93. The van der Waals surface area contributed by atoms with E-state index in [9.17, 15) is 14.4 Å². The lowest BCUT2D eigenvalue weighted by atomic mass is 10.1. The van der Waals surface area contributed by atoms with Crippen LogP contribution in [0, 0.1) is 0 Å². The van der Waals surface area contributed by atoms with Gasteiger partial charge in [0.1, 0.15) is 0 Å². The smallest absolute Gasteiger partial charge is 0.229 e. The van der Waals surface area contributed by atoms with Gasteiger partial charge in [-0.05, 0) is 53.4 Å². The Kier molecular flexibility index (Phi) is 6.28. The summed E-state index contributed by atoms with van der Waals surface area (Å²) in [7, 11) is 0. The number of thiophene rings is 1. The highest BCUT2D eigenvalue weighted by Gasteiger charge is 2.28. The number of benzene rings is 1. The standard InChI is InChI=1S/C23H25N3O3S/c27-21(5-1-2-12-26-22(28)8-9-23(26)29)25(16-19-4-3-13-30-19)15-17-6-7-20-18(14-17)10-11-24-20/h3-4,6-7,10-11,13-14,24H,1-2,5,8-9,12,15-16H2. The summed E-state index contributed by atoms with van der Waals surface area (Å²) < 4.78 is 0. The molecule has 0 bridgehead atoms. The molecule has 6 nitrogen and oxygen atoms in total. The number of carbonyl (C=O) groups is 3. The second-order valence-electron chi connectivity index (χ2n) is 7.62. The number of rotatable bonds is 9. The quantitative estimate of drug-likeness (QED) is 0.416. The van der Waals surface area contributed by atoms with Crippen molar-refractivity contribution in [1.29, 1.82) is 0 Å². The predicted molar refractivity (Wildman–Crippen MR) is 117 cm³/mol. The number of aromatic amines is 1. The van der Waals surface area contributed by atoms with E-state index in [1.165, 1.54) is 4.90 Å². The summed E-state index contributed by atoms with van der Waals surface area (Å²) >= 11 is 1.65. The highest BCUT2D eigenvalue weighted by atomic mass is 32.1. The molecule has 0 radical (unpaired) electrons. The molecule has 1 saturated heterocycles. The number of H-pyrrole nitrogens is 1. The van der Waals surface area contributed by atoms with Gasteiger partial charge in [-0.25, -0.2) is 0 Å². The third-order valence-corrected chi connectivity index (χ3v) is 6.31. The van der Waals surface area contributed by atoms with Crippen molar-refractivity contribution in [2.75, 3.05) is 6.54 Å². The minimum atomic E-state index is -0.0919. The Labute approximate surface area is 179 Å². The van der Waals surface area contributed by atoms with Crippen LogP contribution in [0.5, 0.6) is 0 Å². The first-order chi connectivity index (χ1) is 14.6. The van der Waals surface area contributed by atoms with Crippen LogP contribution < -0.4 is 0 Å². The molecule has 0 unspecified atom stereocenters. The number of carbonyl (C=O) groups excluding carboxylic acids is 3. The molecule has 1 fully saturated rings. The van der Waals surface area contributed by atoms with Crippen LogP contribution in [0.4, 0.5) is 0 Å². The van der Waals surface area contributed by atoms with Crippen LogP contribution in [0.15, 0.2) is 48.0 Å². The van der Waals surface area contributed by atoms with Gasteiger partial charge in [-0.15, -0.1) is 11.3 Å². The molecule has 156 valence electrons. The van der Waals surface area contributed by atoms with Crippen LogP contribution in [-0.2, 0) is 27.5 Å². The number of fused-ring (bicyclic) bond motifs is 1. The van der Waals surface area contributed by atoms with Crippen molar-refractivity contribution in [3.8, 4) is 0 Å². The van der Waals surface area contributed by atoms with Crippen LogP contribution in [0.3, 0.4) is 0 Å². The number of nitrogens with one attached hydrogen (secondary N) is 1. The lowest BCUT2D eigenvalue weighted by Crippen LogP contribution is -2.31. The zero-order chi connectivity index (χ0) is 20.9. The number of hydrogen-bond donors (Lipinski definition) is 1. The van der Waals surface area contributed by atoms with Crippen LogP contribution in [0.2, 0.25) is 0 Å². The summed E-state index contributed by atoms with van der Waals surface area (Å²) in [6.07, 6.45) is 4.28. The molecule has 0 saturated carbocycles. The van der Waals surface area contributed by atoms with Gasteiger partial charge < -0.3 is 9.88 Å². The van der Waals surface area contributed by atoms with Gasteiger partial charge in [0.05, 0.1) is 6.54 Å². The molecule has 0 atom stereocenters.